The summed E-state index contributed by atoms with van der Waals surface area (Å²) in [5, 5.41) is 2.77. The van der Waals surface area contributed by atoms with Crippen LogP contribution in [0.4, 0.5) is 10.3 Å². The standard InChI is InChI=1S/C11H10FN3O/c1-13-11-14-7-6-10(15-11)16-9-5-3-2-4-8(9)12/h2-7H,1H3,(H,13,14,15). The molecule has 0 amide bonds. The lowest BCUT2D eigenvalue weighted by molar-refractivity contribution is 0.427. The second-order valence-electron chi connectivity index (χ2n) is 3.00. The maximum atomic E-state index is 13.3. The van der Waals surface area contributed by atoms with E-state index in [9.17, 15) is 4.39 Å². The Labute approximate surface area is 92.1 Å². The summed E-state index contributed by atoms with van der Waals surface area (Å²) in [4.78, 5) is 7.94. The summed E-state index contributed by atoms with van der Waals surface area (Å²) in [6, 6.07) is 7.72. The number of nitrogens with zero attached hydrogens (tertiary/aromatic N) is 2. The van der Waals surface area contributed by atoms with E-state index in [4.69, 9.17) is 4.74 Å². The topological polar surface area (TPSA) is 47.0 Å². The minimum Gasteiger partial charge on any atom is -0.436 e. The van der Waals surface area contributed by atoms with Crippen molar-refractivity contribution in [3.63, 3.8) is 0 Å². The maximum absolute atomic E-state index is 13.3. The molecule has 16 heavy (non-hydrogen) atoms. The third-order valence-corrected chi connectivity index (χ3v) is 1.90. The van der Waals surface area contributed by atoms with Gasteiger partial charge >= 0.3 is 0 Å². The molecule has 0 aliphatic carbocycles. The highest BCUT2D eigenvalue weighted by molar-refractivity contribution is 5.31. The van der Waals surface area contributed by atoms with Gasteiger partial charge in [0.25, 0.3) is 0 Å². The van der Waals surface area contributed by atoms with E-state index in [1.165, 1.54) is 18.3 Å². The third kappa shape index (κ3) is 2.25. The molecule has 4 nitrogen and oxygen atoms in total. The molecule has 0 radical (unpaired) electrons. The molecule has 1 aromatic heterocycles. The van der Waals surface area contributed by atoms with Crippen molar-refractivity contribution < 1.29 is 9.13 Å². The van der Waals surface area contributed by atoms with E-state index in [0.29, 0.717) is 11.8 Å². The van der Waals surface area contributed by atoms with E-state index in [1.54, 1.807) is 25.2 Å². The Bertz CT molecular complexity index is 490. The number of benzene rings is 1. The van der Waals surface area contributed by atoms with E-state index >= 15 is 0 Å². The fourth-order valence-electron chi connectivity index (χ4n) is 1.16. The Morgan fingerprint density at radius 3 is 2.81 bits per heavy atom. The van der Waals surface area contributed by atoms with E-state index in [2.05, 4.69) is 15.3 Å². The van der Waals surface area contributed by atoms with Gasteiger partial charge in [-0.05, 0) is 12.1 Å². The lowest BCUT2D eigenvalue weighted by Crippen LogP contribution is -1.97. The molecule has 0 unspecified atom stereocenters. The van der Waals surface area contributed by atoms with Crippen LogP contribution in [0.3, 0.4) is 0 Å². The number of nitrogens with one attached hydrogen (secondary N) is 1. The molecule has 5 heteroatoms. The van der Waals surface area contributed by atoms with Gasteiger partial charge in [-0.3, -0.25) is 0 Å². The summed E-state index contributed by atoms with van der Waals surface area (Å²) < 4.78 is 18.6. The molecular weight excluding hydrogens is 209 g/mol. The van der Waals surface area contributed by atoms with Crippen molar-refractivity contribution in [2.75, 3.05) is 12.4 Å². The van der Waals surface area contributed by atoms with Crippen LogP contribution in [0.1, 0.15) is 0 Å². The van der Waals surface area contributed by atoms with Crippen molar-refractivity contribution >= 4 is 5.95 Å². The molecule has 0 aliphatic rings. The number of hydrogen-bond acceptors (Lipinski definition) is 4. The van der Waals surface area contributed by atoms with Crippen LogP contribution >= 0.6 is 0 Å². The van der Waals surface area contributed by atoms with E-state index in [0.717, 1.165) is 0 Å². The first kappa shape index (κ1) is 10.4. The summed E-state index contributed by atoms with van der Waals surface area (Å²) >= 11 is 0. The van der Waals surface area contributed by atoms with Crippen molar-refractivity contribution in [3.05, 3.63) is 42.3 Å². The van der Waals surface area contributed by atoms with Gasteiger partial charge in [-0.15, -0.1) is 0 Å². The van der Waals surface area contributed by atoms with Gasteiger partial charge in [-0.2, -0.15) is 4.98 Å². The first-order valence-corrected chi connectivity index (χ1v) is 4.73. The summed E-state index contributed by atoms with van der Waals surface area (Å²) in [5.74, 6) is 0.439. The minimum absolute atomic E-state index is 0.142. The largest absolute Gasteiger partial charge is 0.436 e. The van der Waals surface area contributed by atoms with Gasteiger partial charge < -0.3 is 10.1 Å². The molecule has 1 heterocycles. The monoisotopic (exact) mass is 219 g/mol. The average molecular weight is 219 g/mol. The molecule has 0 spiro atoms. The number of aromatic nitrogens is 2. The SMILES string of the molecule is CNc1nccc(Oc2ccccc2F)n1. The number of anilines is 1. The minimum atomic E-state index is -0.424. The smallest absolute Gasteiger partial charge is 0.225 e. The molecule has 1 aromatic carbocycles. The van der Waals surface area contributed by atoms with Gasteiger partial charge in [-0.1, -0.05) is 12.1 Å². The highest BCUT2D eigenvalue weighted by Gasteiger charge is 2.04. The number of halogens is 1. The number of para-hydroxylation sites is 1. The molecule has 1 N–H and O–H groups in total. The van der Waals surface area contributed by atoms with Crippen LogP contribution in [0.15, 0.2) is 36.5 Å². The average Bonchev–Trinajstić information content (AvgIpc) is 2.32. The summed E-state index contributed by atoms with van der Waals surface area (Å²) in [6.07, 6.45) is 1.54. The van der Waals surface area contributed by atoms with E-state index in [1.807, 2.05) is 0 Å². The zero-order valence-electron chi connectivity index (χ0n) is 8.64. The zero-order chi connectivity index (χ0) is 11.4. The van der Waals surface area contributed by atoms with Crippen molar-refractivity contribution in [2.45, 2.75) is 0 Å². The van der Waals surface area contributed by atoms with Crippen LogP contribution in [0.25, 0.3) is 0 Å². The molecule has 0 saturated carbocycles. The highest BCUT2D eigenvalue weighted by Crippen LogP contribution is 2.22. The van der Waals surface area contributed by atoms with Gasteiger partial charge in [0, 0.05) is 19.3 Å². The molecule has 2 aromatic rings. The molecule has 0 atom stereocenters. The van der Waals surface area contributed by atoms with Crippen molar-refractivity contribution in [1.29, 1.82) is 0 Å². The van der Waals surface area contributed by atoms with Crippen LogP contribution < -0.4 is 10.1 Å². The normalized spacial score (nSPS) is 9.88. The molecule has 2 rings (SSSR count). The Kier molecular flexibility index (Phi) is 2.95. The van der Waals surface area contributed by atoms with E-state index < -0.39 is 5.82 Å². The summed E-state index contributed by atoms with van der Waals surface area (Å²) in [6.45, 7) is 0. The van der Waals surface area contributed by atoms with Crippen LogP contribution in [-0.4, -0.2) is 17.0 Å². The Hall–Kier alpha value is -2.17. The van der Waals surface area contributed by atoms with Crippen molar-refractivity contribution in [3.8, 4) is 11.6 Å². The summed E-state index contributed by atoms with van der Waals surface area (Å²) in [5.41, 5.74) is 0. The van der Waals surface area contributed by atoms with Gasteiger partial charge in [0.05, 0.1) is 0 Å². The van der Waals surface area contributed by atoms with Gasteiger partial charge in [0.2, 0.25) is 11.8 Å². The molecule has 0 bridgehead atoms. The van der Waals surface area contributed by atoms with Crippen LogP contribution in [0.5, 0.6) is 11.6 Å². The quantitative estimate of drug-likeness (QED) is 0.861. The zero-order valence-corrected chi connectivity index (χ0v) is 8.64. The first-order valence-electron chi connectivity index (χ1n) is 4.73. The summed E-state index contributed by atoms with van der Waals surface area (Å²) in [7, 11) is 1.70. The Morgan fingerprint density at radius 2 is 2.06 bits per heavy atom. The number of rotatable bonds is 3. The van der Waals surface area contributed by atoms with Gasteiger partial charge in [-0.25, -0.2) is 9.37 Å². The molecule has 0 aliphatic heterocycles. The fourth-order valence-corrected chi connectivity index (χ4v) is 1.16. The lowest BCUT2D eigenvalue weighted by Gasteiger charge is -2.06. The van der Waals surface area contributed by atoms with Crippen molar-refractivity contribution in [1.82, 2.24) is 9.97 Å². The lowest BCUT2D eigenvalue weighted by atomic mass is 10.3. The predicted molar refractivity (Wildman–Crippen MR) is 58.1 cm³/mol. The predicted octanol–water partition coefficient (Wildman–Crippen LogP) is 2.45. The van der Waals surface area contributed by atoms with Crippen LogP contribution in [0.2, 0.25) is 0 Å². The Balaban J connectivity index is 2.24. The highest BCUT2D eigenvalue weighted by atomic mass is 19.1. The van der Waals surface area contributed by atoms with Crippen LogP contribution in [-0.2, 0) is 0 Å². The van der Waals surface area contributed by atoms with Gasteiger partial charge in [0.15, 0.2) is 11.6 Å². The van der Waals surface area contributed by atoms with E-state index in [-0.39, 0.29) is 5.75 Å². The fraction of sp³-hybridized carbons (Fsp3) is 0.0909. The third-order valence-electron chi connectivity index (χ3n) is 1.90. The maximum Gasteiger partial charge on any atom is 0.225 e. The molecule has 0 saturated heterocycles. The van der Waals surface area contributed by atoms with Crippen molar-refractivity contribution in [2.24, 2.45) is 0 Å². The molecule has 82 valence electrons. The molecule has 0 fully saturated rings. The number of ether oxygens (including phenoxy) is 1. The van der Waals surface area contributed by atoms with Gasteiger partial charge in [0.1, 0.15) is 0 Å². The second-order valence-corrected chi connectivity index (χ2v) is 3.00. The molecular formula is C11H10FN3O. The second kappa shape index (κ2) is 4.57. The van der Waals surface area contributed by atoms with Crippen LogP contribution in [0, 0.1) is 5.82 Å². The number of hydrogen-bond donors (Lipinski definition) is 1. The Morgan fingerprint density at radius 1 is 1.25 bits per heavy atom. The first-order chi connectivity index (χ1) is 7.79.